The van der Waals surface area contributed by atoms with E-state index in [0.29, 0.717) is 38.8 Å². The van der Waals surface area contributed by atoms with Crippen LogP contribution in [-0.4, -0.2) is 54.0 Å². The summed E-state index contributed by atoms with van der Waals surface area (Å²) < 4.78 is 16.3. The molecule has 2 N–H and O–H groups in total. The lowest BCUT2D eigenvalue weighted by atomic mass is 10.0. The van der Waals surface area contributed by atoms with Crippen molar-refractivity contribution in [3.8, 4) is 0 Å². The molecular weight excluding hydrogens is 400 g/mol. The van der Waals surface area contributed by atoms with Gasteiger partial charge in [0.2, 0.25) is 5.91 Å². The first kappa shape index (κ1) is 29.2. The summed E-state index contributed by atoms with van der Waals surface area (Å²) in [5, 5.41) is 5.50. The molecule has 0 radical (unpaired) electrons. The number of carbonyl (C=O) groups is 3. The number of hydrogen-bond donors (Lipinski definition) is 2. The average molecular weight is 445 g/mol. The van der Waals surface area contributed by atoms with Crippen molar-refractivity contribution in [3.63, 3.8) is 0 Å². The molecule has 0 saturated carbocycles. The van der Waals surface area contributed by atoms with Crippen LogP contribution >= 0.6 is 0 Å². The molecule has 0 fully saturated rings. The van der Waals surface area contributed by atoms with Crippen LogP contribution < -0.4 is 10.6 Å². The van der Waals surface area contributed by atoms with Gasteiger partial charge in [0.05, 0.1) is 5.60 Å². The number of ether oxygens (including phenoxy) is 3. The Morgan fingerprint density at radius 1 is 0.871 bits per heavy atom. The minimum absolute atomic E-state index is 0.212. The van der Waals surface area contributed by atoms with Gasteiger partial charge in [0.15, 0.2) is 0 Å². The summed E-state index contributed by atoms with van der Waals surface area (Å²) in [5.74, 6) is -0.666. The van der Waals surface area contributed by atoms with Crippen LogP contribution in [0.15, 0.2) is 0 Å². The van der Waals surface area contributed by atoms with E-state index in [1.807, 2.05) is 20.8 Å². The summed E-state index contributed by atoms with van der Waals surface area (Å²) in [6, 6.07) is -0.733. The van der Waals surface area contributed by atoms with Crippen LogP contribution in [-0.2, 0) is 23.8 Å². The van der Waals surface area contributed by atoms with Gasteiger partial charge in [-0.05, 0) is 88.0 Å². The molecule has 0 saturated heterocycles. The number of esters is 1. The van der Waals surface area contributed by atoms with Gasteiger partial charge in [-0.25, -0.2) is 9.59 Å². The van der Waals surface area contributed by atoms with E-state index in [1.54, 1.807) is 41.5 Å². The number of alkyl carbamates (subject to hydrolysis) is 1. The smallest absolute Gasteiger partial charge is 0.407 e. The maximum Gasteiger partial charge on any atom is 0.407 e. The Morgan fingerprint density at radius 3 is 1.97 bits per heavy atom. The molecular formula is C23H44N2O6. The summed E-state index contributed by atoms with van der Waals surface area (Å²) in [6.45, 7) is 17.6. The van der Waals surface area contributed by atoms with E-state index in [4.69, 9.17) is 14.2 Å². The second kappa shape index (κ2) is 12.9. The second-order valence-electron chi connectivity index (χ2n) is 10.3. The number of unbranched alkanes of at least 4 members (excludes halogenated alkanes) is 1. The van der Waals surface area contributed by atoms with Crippen LogP contribution in [0.5, 0.6) is 0 Å². The van der Waals surface area contributed by atoms with Crippen molar-refractivity contribution in [3.05, 3.63) is 0 Å². The van der Waals surface area contributed by atoms with E-state index in [2.05, 4.69) is 10.6 Å². The first-order valence-corrected chi connectivity index (χ1v) is 11.2. The summed E-state index contributed by atoms with van der Waals surface area (Å²) in [7, 11) is 0. The summed E-state index contributed by atoms with van der Waals surface area (Å²) in [4.78, 5) is 36.7. The van der Waals surface area contributed by atoms with Crippen molar-refractivity contribution in [2.75, 3.05) is 13.2 Å². The van der Waals surface area contributed by atoms with Gasteiger partial charge in [0.25, 0.3) is 0 Å². The predicted octanol–water partition coefficient (Wildman–Crippen LogP) is 4.10. The van der Waals surface area contributed by atoms with Gasteiger partial charge >= 0.3 is 12.1 Å². The minimum Gasteiger partial charge on any atom is -0.458 e. The van der Waals surface area contributed by atoms with E-state index in [-0.39, 0.29) is 12.3 Å². The Morgan fingerprint density at radius 2 is 1.45 bits per heavy atom. The average Bonchev–Trinajstić information content (AvgIpc) is 2.55. The highest BCUT2D eigenvalue weighted by atomic mass is 16.6. The zero-order valence-corrected chi connectivity index (χ0v) is 21.0. The highest BCUT2D eigenvalue weighted by Gasteiger charge is 2.27. The number of carbonyl (C=O) groups excluding carboxylic acids is 3. The molecule has 0 aliphatic carbocycles. The summed E-state index contributed by atoms with van der Waals surface area (Å²) in [6.07, 6.45) is 2.03. The molecule has 0 bridgehead atoms. The molecule has 0 rings (SSSR count). The fourth-order valence-electron chi connectivity index (χ4n) is 2.74. The molecule has 0 aromatic heterocycles. The molecule has 0 heterocycles. The molecule has 0 aliphatic heterocycles. The molecule has 8 heteroatoms. The molecule has 1 atom stereocenters. The summed E-state index contributed by atoms with van der Waals surface area (Å²) in [5.41, 5.74) is -1.59. The Balaban J connectivity index is 4.66. The molecule has 0 aromatic rings. The van der Waals surface area contributed by atoms with E-state index in [0.717, 1.165) is 0 Å². The van der Waals surface area contributed by atoms with Gasteiger partial charge in [0.1, 0.15) is 17.2 Å². The van der Waals surface area contributed by atoms with Crippen molar-refractivity contribution in [1.82, 2.24) is 10.6 Å². The van der Waals surface area contributed by atoms with Gasteiger partial charge in [0, 0.05) is 19.6 Å². The Kier molecular flexibility index (Phi) is 12.1. The first-order chi connectivity index (χ1) is 14.0. The lowest BCUT2D eigenvalue weighted by molar-refractivity contribution is -0.159. The SMILES string of the molecule is CCOC(C)(C)CCC(=O)N[C@@H](CCCCNC(=O)OC(C)(C)C)C(=O)OC(C)(C)C. The van der Waals surface area contributed by atoms with Crippen LogP contribution in [0.25, 0.3) is 0 Å². The predicted molar refractivity (Wildman–Crippen MR) is 121 cm³/mol. The Labute approximate surface area is 188 Å². The fraction of sp³-hybridized carbons (Fsp3) is 0.870. The highest BCUT2D eigenvalue weighted by Crippen LogP contribution is 2.17. The van der Waals surface area contributed by atoms with Gasteiger partial charge in [-0.2, -0.15) is 0 Å². The molecule has 0 spiro atoms. The third kappa shape index (κ3) is 16.5. The quantitative estimate of drug-likeness (QED) is 0.347. The molecule has 0 aliphatic rings. The van der Waals surface area contributed by atoms with Gasteiger partial charge in [-0.1, -0.05) is 0 Å². The van der Waals surface area contributed by atoms with Crippen molar-refractivity contribution < 1.29 is 28.6 Å². The number of amides is 2. The molecule has 182 valence electrons. The van der Waals surface area contributed by atoms with E-state index in [1.165, 1.54) is 0 Å². The monoisotopic (exact) mass is 444 g/mol. The molecule has 0 unspecified atom stereocenters. The second-order valence-corrected chi connectivity index (χ2v) is 10.3. The maximum absolute atomic E-state index is 12.6. The minimum atomic E-state index is -0.733. The van der Waals surface area contributed by atoms with Crippen molar-refractivity contribution in [2.24, 2.45) is 0 Å². The molecule has 2 amide bonds. The van der Waals surface area contributed by atoms with E-state index < -0.39 is 34.9 Å². The van der Waals surface area contributed by atoms with Gasteiger partial charge < -0.3 is 24.8 Å². The lowest BCUT2D eigenvalue weighted by Gasteiger charge is -2.26. The normalized spacial score (nSPS) is 13.3. The molecule has 8 nitrogen and oxygen atoms in total. The van der Waals surface area contributed by atoms with Crippen molar-refractivity contribution >= 4 is 18.0 Å². The van der Waals surface area contributed by atoms with Crippen LogP contribution in [0.3, 0.4) is 0 Å². The van der Waals surface area contributed by atoms with Crippen molar-refractivity contribution in [1.29, 1.82) is 0 Å². The van der Waals surface area contributed by atoms with Gasteiger partial charge in [-0.3, -0.25) is 4.79 Å². The standard InChI is InChI=1S/C23H44N2O6/c1-10-29-23(8,9)15-14-18(26)25-17(19(27)30-21(2,3)4)13-11-12-16-24-20(28)31-22(5,6)7/h17H,10-16H2,1-9H3,(H,24,28)(H,25,26)/t17-/m0/s1. The number of hydrogen-bond acceptors (Lipinski definition) is 6. The third-order valence-electron chi connectivity index (χ3n) is 4.10. The largest absolute Gasteiger partial charge is 0.458 e. The first-order valence-electron chi connectivity index (χ1n) is 11.2. The Hall–Kier alpha value is -1.83. The van der Waals surface area contributed by atoms with Gasteiger partial charge in [-0.15, -0.1) is 0 Å². The number of rotatable bonds is 12. The molecule has 31 heavy (non-hydrogen) atoms. The lowest BCUT2D eigenvalue weighted by Crippen LogP contribution is -2.44. The summed E-state index contributed by atoms with van der Waals surface area (Å²) >= 11 is 0. The molecule has 0 aromatic carbocycles. The fourth-order valence-corrected chi connectivity index (χ4v) is 2.74. The van der Waals surface area contributed by atoms with Crippen molar-refractivity contribution in [2.45, 2.75) is 117 Å². The zero-order chi connectivity index (χ0) is 24.3. The van der Waals surface area contributed by atoms with Crippen LogP contribution in [0.4, 0.5) is 4.79 Å². The Bertz CT molecular complexity index is 576. The van der Waals surface area contributed by atoms with Crippen LogP contribution in [0, 0.1) is 0 Å². The van der Waals surface area contributed by atoms with Crippen LogP contribution in [0.2, 0.25) is 0 Å². The van der Waals surface area contributed by atoms with Crippen LogP contribution in [0.1, 0.15) is 94.4 Å². The zero-order valence-electron chi connectivity index (χ0n) is 21.0. The highest BCUT2D eigenvalue weighted by molar-refractivity contribution is 5.84. The third-order valence-corrected chi connectivity index (χ3v) is 4.10. The van der Waals surface area contributed by atoms with E-state index >= 15 is 0 Å². The van der Waals surface area contributed by atoms with E-state index in [9.17, 15) is 14.4 Å². The maximum atomic E-state index is 12.6. The number of nitrogens with one attached hydrogen (secondary N) is 2. The topological polar surface area (TPSA) is 103 Å².